The van der Waals surface area contributed by atoms with E-state index in [1.807, 2.05) is 24.3 Å². The molecule has 2 aromatic rings. The van der Waals surface area contributed by atoms with Crippen LogP contribution >= 0.6 is 11.6 Å². The van der Waals surface area contributed by atoms with Crippen molar-refractivity contribution in [1.82, 2.24) is 0 Å². The number of ether oxygens (including phenoxy) is 2. The van der Waals surface area contributed by atoms with Gasteiger partial charge in [0.15, 0.2) is 6.29 Å². The fraction of sp³-hybridized carbons (Fsp3) is 0.455. The number of benzene rings is 2. The Morgan fingerprint density at radius 3 is 2.27 bits per heavy atom. The van der Waals surface area contributed by atoms with E-state index in [1.165, 1.54) is 5.56 Å². The third-order valence-electron chi connectivity index (χ3n) is 5.92. The van der Waals surface area contributed by atoms with E-state index in [-0.39, 0.29) is 0 Å². The molecule has 2 aliphatic heterocycles. The number of hydrogen-bond acceptors (Lipinski definition) is 7. The molecule has 0 amide bonds. The maximum Gasteiger partial charge on any atom is 0.228 e. The van der Waals surface area contributed by atoms with Crippen molar-refractivity contribution in [2.24, 2.45) is 0 Å². The molecule has 30 heavy (non-hydrogen) atoms. The Labute approximate surface area is 179 Å². The van der Waals surface area contributed by atoms with Gasteiger partial charge in [-0.25, -0.2) is 0 Å². The van der Waals surface area contributed by atoms with Crippen LogP contribution in [0.2, 0.25) is 5.02 Å². The Hall–Kier alpha value is -1.55. The molecule has 0 saturated carbocycles. The van der Waals surface area contributed by atoms with Gasteiger partial charge in [0, 0.05) is 16.1 Å². The van der Waals surface area contributed by atoms with Crippen LogP contribution in [0.15, 0.2) is 36.4 Å². The molecular weight excluding hydrogens is 412 g/mol. The van der Waals surface area contributed by atoms with Gasteiger partial charge in [0.2, 0.25) is 5.79 Å². The third kappa shape index (κ3) is 3.45. The van der Waals surface area contributed by atoms with Gasteiger partial charge < -0.3 is 35.0 Å². The smallest absolute Gasteiger partial charge is 0.228 e. The summed E-state index contributed by atoms with van der Waals surface area (Å²) >= 11 is 6.45. The normalized spacial score (nSPS) is 33.1. The van der Waals surface area contributed by atoms with Crippen molar-refractivity contribution in [2.75, 3.05) is 6.61 Å². The molecule has 0 radical (unpaired) electrons. The van der Waals surface area contributed by atoms with E-state index in [9.17, 15) is 25.5 Å². The fourth-order valence-electron chi connectivity index (χ4n) is 4.14. The van der Waals surface area contributed by atoms with Crippen molar-refractivity contribution in [3.05, 3.63) is 69.2 Å². The second-order valence-electron chi connectivity index (χ2n) is 7.78. The van der Waals surface area contributed by atoms with Crippen molar-refractivity contribution in [3.63, 3.8) is 0 Å². The molecule has 162 valence electrons. The summed E-state index contributed by atoms with van der Waals surface area (Å²) in [6, 6.07) is 11.3. The second-order valence-corrected chi connectivity index (χ2v) is 8.19. The lowest BCUT2D eigenvalue weighted by molar-refractivity contribution is -0.392. The molecule has 1 spiro atoms. The molecule has 2 aliphatic rings. The molecule has 0 aromatic heterocycles. The number of aliphatic hydroxyl groups is 5. The number of fused-ring (bicyclic) bond motifs is 2. The van der Waals surface area contributed by atoms with Crippen LogP contribution in [0.1, 0.15) is 41.0 Å². The van der Waals surface area contributed by atoms with Crippen LogP contribution in [-0.4, -0.2) is 56.6 Å². The van der Waals surface area contributed by atoms with E-state index in [1.54, 1.807) is 12.1 Å². The van der Waals surface area contributed by atoms with Crippen LogP contribution in [0.5, 0.6) is 0 Å². The Bertz CT molecular complexity index is 916. The zero-order valence-corrected chi connectivity index (χ0v) is 17.2. The Morgan fingerprint density at radius 2 is 1.63 bits per heavy atom. The topological polar surface area (TPSA) is 120 Å². The summed E-state index contributed by atoms with van der Waals surface area (Å²) in [5, 5.41) is 51.4. The summed E-state index contributed by atoms with van der Waals surface area (Å²) in [4.78, 5) is 0. The number of aryl methyl sites for hydroxylation is 1. The minimum atomic E-state index is -1.94. The highest BCUT2D eigenvalue weighted by Crippen LogP contribution is 2.50. The van der Waals surface area contributed by atoms with Crippen molar-refractivity contribution in [3.8, 4) is 0 Å². The quantitative estimate of drug-likeness (QED) is 0.487. The fourth-order valence-corrected chi connectivity index (χ4v) is 4.38. The average molecular weight is 437 g/mol. The maximum atomic E-state index is 10.7. The van der Waals surface area contributed by atoms with Crippen LogP contribution in [0, 0.1) is 0 Å². The van der Waals surface area contributed by atoms with Gasteiger partial charge in [0.1, 0.15) is 24.4 Å². The van der Waals surface area contributed by atoms with Gasteiger partial charge in [-0.15, -0.1) is 0 Å². The molecule has 4 rings (SSSR count). The van der Waals surface area contributed by atoms with Gasteiger partial charge in [-0.3, -0.25) is 0 Å². The predicted molar refractivity (Wildman–Crippen MR) is 108 cm³/mol. The first-order valence-corrected chi connectivity index (χ1v) is 10.3. The Balaban J connectivity index is 1.75. The highest BCUT2D eigenvalue weighted by molar-refractivity contribution is 6.31. The molecular formula is C22H25ClO7. The molecule has 6 atom stereocenters. The van der Waals surface area contributed by atoms with Crippen molar-refractivity contribution < 1.29 is 35.0 Å². The standard InChI is InChI=1S/C22H25ClO7/c1-2-11-3-5-12(6-4-11)7-13-8-15-14(9-16(13)23)21(28)30-22(15)20(27)19(26)18(25)17(10-24)29-22/h3-6,8-9,17-21,24-28H,2,7,10H2,1H3. The SMILES string of the molecule is CCc1ccc(Cc2cc3c(cc2Cl)C(O)OC32OC(CO)C(O)C(O)C2O)cc1. The van der Waals surface area contributed by atoms with E-state index >= 15 is 0 Å². The summed E-state index contributed by atoms with van der Waals surface area (Å²) in [5.74, 6) is -1.94. The first-order chi connectivity index (χ1) is 14.3. The second kappa shape index (κ2) is 8.18. The Morgan fingerprint density at radius 1 is 0.967 bits per heavy atom. The van der Waals surface area contributed by atoms with Crippen molar-refractivity contribution in [2.45, 2.75) is 56.3 Å². The van der Waals surface area contributed by atoms with E-state index in [2.05, 4.69) is 6.92 Å². The average Bonchev–Trinajstić information content (AvgIpc) is 3.01. The summed E-state index contributed by atoms with van der Waals surface area (Å²) in [6.07, 6.45) is -6.07. The van der Waals surface area contributed by atoms with Gasteiger partial charge in [0.05, 0.1) is 6.61 Å². The molecule has 6 unspecified atom stereocenters. The van der Waals surface area contributed by atoms with Gasteiger partial charge in [-0.05, 0) is 41.7 Å². The van der Waals surface area contributed by atoms with Crippen molar-refractivity contribution in [1.29, 1.82) is 0 Å². The first-order valence-electron chi connectivity index (χ1n) is 9.90. The predicted octanol–water partition coefficient (Wildman–Crippen LogP) is 1.14. The Kier molecular flexibility index (Phi) is 5.91. The molecule has 1 saturated heterocycles. The minimum Gasteiger partial charge on any atom is -0.394 e. The highest BCUT2D eigenvalue weighted by Gasteiger charge is 2.60. The minimum absolute atomic E-state index is 0.296. The van der Waals surface area contributed by atoms with Crippen LogP contribution < -0.4 is 0 Å². The molecule has 0 bridgehead atoms. The summed E-state index contributed by atoms with van der Waals surface area (Å²) < 4.78 is 11.3. The monoisotopic (exact) mass is 436 g/mol. The molecule has 7 nitrogen and oxygen atoms in total. The lowest BCUT2D eigenvalue weighted by Crippen LogP contribution is -2.63. The first kappa shape index (κ1) is 21.7. The zero-order chi connectivity index (χ0) is 21.6. The number of aliphatic hydroxyl groups excluding tert-OH is 5. The van der Waals surface area contributed by atoms with Crippen LogP contribution in [0.3, 0.4) is 0 Å². The lowest BCUT2D eigenvalue weighted by Gasteiger charge is -2.46. The summed E-state index contributed by atoms with van der Waals surface area (Å²) in [5.41, 5.74) is 3.56. The number of rotatable bonds is 4. The molecule has 2 aromatic carbocycles. The largest absolute Gasteiger partial charge is 0.394 e. The van der Waals surface area contributed by atoms with Crippen molar-refractivity contribution >= 4 is 11.6 Å². The summed E-state index contributed by atoms with van der Waals surface area (Å²) in [6.45, 7) is 1.48. The van der Waals surface area contributed by atoms with Gasteiger partial charge in [-0.1, -0.05) is 42.8 Å². The van der Waals surface area contributed by atoms with Gasteiger partial charge in [-0.2, -0.15) is 0 Å². The van der Waals surface area contributed by atoms with Crippen LogP contribution in [-0.2, 0) is 28.1 Å². The molecule has 5 N–H and O–H groups in total. The molecule has 1 fully saturated rings. The highest BCUT2D eigenvalue weighted by atomic mass is 35.5. The molecule has 8 heteroatoms. The maximum absolute atomic E-state index is 10.7. The summed E-state index contributed by atoms with van der Waals surface area (Å²) in [7, 11) is 0. The van der Waals surface area contributed by atoms with E-state index < -0.39 is 43.1 Å². The third-order valence-corrected chi connectivity index (χ3v) is 6.27. The van der Waals surface area contributed by atoms with Gasteiger partial charge >= 0.3 is 0 Å². The van der Waals surface area contributed by atoms with E-state index in [4.69, 9.17) is 21.1 Å². The van der Waals surface area contributed by atoms with E-state index in [0.29, 0.717) is 28.1 Å². The molecule has 0 aliphatic carbocycles. The molecule has 2 heterocycles. The number of hydrogen-bond donors (Lipinski definition) is 5. The van der Waals surface area contributed by atoms with E-state index in [0.717, 1.165) is 12.0 Å². The zero-order valence-electron chi connectivity index (χ0n) is 16.4. The number of halogens is 1. The van der Waals surface area contributed by atoms with Crippen LogP contribution in [0.25, 0.3) is 0 Å². The van der Waals surface area contributed by atoms with Crippen LogP contribution in [0.4, 0.5) is 0 Å². The van der Waals surface area contributed by atoms with Gasteiger partial charge in [0.25, 0.3) is 0 Å². The lowest BCUT2D eigenvalue weighted by atomic mass is 9.86.